The van der Waals surface area contributed by atoms with Gasteiger partial charge in [0.15, 0.2) is 0 Å². The van der Waals surface area contributed by atoms with Gasteiger partial charge in [0.1, 0.15) is 0 Å². The minimum atomic E-state index is -0.962. The number of nitrogen functional groups attached to an aromatic ring is 1. The Labute approximate surface area is 128 Å². The zero-order valence-corrected chi connectivity index (χ0v) is 12.0. The number of benzene rings is 1. The molecule has 0 radical (unpaired) electrons. The third kappa shape index (κ3) is 2.78. The van der Waals surface area contributed by atoms with Gasteiger partial charge in [-0.25, -0.2) is 14.8 Å². The maximum atomic E-state index is 11.4. The van der Waals surface area contributed by atoms with Crippen molar-refractivity contribution in [1.82, 2.24) is 9.97 Å². The van der Waals surface area contributed by atoms with Crippen molar-refractivity contribution < 1.29 is 9.90 Å². The predicted molar refractivity (Wildman–Crippen MR) is 84.3 cm³/mol. The quantitative estimate of drug-likeness (QED) is 0.819. The summed E-state index contributed by atoms with van der Waals surface area (Å²) < 4.78 is 0. The molecule has 1 aromatic carbocycles. The first-order chi connectivity index (χ1) is 10.6. The molecule has 1 aliphatic heterocycles. The molecule has 1 fully saturated rings. The van der Waals surface area contributed by atoms with Crippen LogP contribution < -0.4 is 15.5 Å². The van der Waals surface area contributed by atoms with Gasteiger partial charge in [0.05, 0.1) is 11.3 Å². The molecule has 0 aliphatic carbocycles. The fourth-order valence-electron chi connectivity index (χ4n) is 2.60. The Bertz CT molecular complexity index is 669. The molecular weight excluding hydrogens is 282 g/mol. The lowest BCUT2D eigenvalue weighted by atomic mass is 10.1. The summed E-state index contributed by atoms with van der Waals surface area (Å²) in [5.74, 6) is -0.256. The molecule has 0 amide bonds. The van der Waals surface area contributed by atoms with E-state index in [1.54, 1.807) is 30.6 Å². The SMILES string of the molecule is Nc1ccc(N2CCN(c3ncccn3)CC2)c(C(=O)O)c1. The normalized spacial score (nSPS) is 14.9. The lowest BCUT2D eigenvalue weighted by molar-refractivity contribution is 0.0697. The standard InChI is InChI=1S/C15H17N5O2/c16-11-2-3-13(12(10-11)14(21)22)19-6-8-20(9-7-19)15-17-4-1-5-18-15/h1-5,10H,6-9,16H2,(H,21,22). The zero-order chi connectivity index (χ0) is 15.5. The van der Waals surface area contributed by atoms with Crippen LogP contribution >= 0.6 is 0 Å². The van der Waals surface area contributed by atoms with Crippen molar-refractivity contribution in [1.29, 1.82) is 0 Å². The van der Waals surface area contributed by atoms with Gasteiger partial charge < -0.3 is 20.6 Å². The summed E-state index contributed by atoms with van der Waals surface area (Å²) in [4.78, 5) is 24.0. The van der Waals surface area contributed by atoms with E-state index < -0.39 is 5.97 Å². The molecule has 114 valence electrons. The van der Waals surface area contributed by atoms with Crippen LogP contribution in [-0.4, -0.2) is 47.2 Å². The van der Waals surface area contributed by atoms with Crippen molar-refractivity contribution in [2.24, 2.45) is 0 Å². The van der Waals surface area contributed by atoms with E-state index in [1.165, 1.54) is 6.07 Å². The molecule has 0 unspecified atom stereocenters. The van der Waals surface area contributed by atoms with Gasteiger partial charge >= 0.3 is 5.97 Å². The summed E-state index contributed by atoms with van der Waals surface area (Å²) in [7, 11) is 0. The maximum absolute atomic E-state index is 11.4. The highest BCUT2D eigenvalue weighted by Crippen LogP contribution is 2.25. The van der Waals surface area contributed by atoms with Crippen LogP contribution in [0.2, 0.25) is 0 Å². The second-order valence-electron chi connectivity index (χ2n) is 5.10. The molecule has 2 aromatic rings. The van der Waals surface area contributed by atoms with Crippen molar-refractivity contribution in [2.75, 3.05) is 41.7 Å². The summed E-state index contributed by atoms with van der Waals surface area (Å²) in [6, 6.07) is 6.79. The first-order valence-corrected chi connectivity index (χ1v) is 7.05. The highest BCUT2D eigenvalue weighted by Gasteiger charge is 2.22. The summed E-state index contributed by atoms with van der Waals surface area (Å²) in [5.41, 5.74) is 7.09. The third-order valence-electron chi connectivity index (χ3n) is 3.71. The summed E-state index contributed by atoms with van der Waals surface area (Å²) in [5, 5.41) is 9.34. The highest BCUT2D eigenvalue weighted by atomic mass is 16.4. The van der Waals surface area contributed by atoms with E-state index >= 15 is 0 Å². The average molecular weight is 299 g/mol. The van der Waals surface area contributed by atoms with Gasteiger partial charge in [-0.15, -0.1) is 0 Å². The van der Waals surface area contributed by atoms with Crippen LogP contribution in [0.3, 0.4) is 0 Å². The monoisotopic (exact) mass is 299 g/mol. The summed E-state index contributed by atoms with van der Waals surface area (Å²) in [6.45, 7) is 2.91. The molecule has 3 N–H and O–H groups in total. The number of hydrogen-bond acceptors (Lipinski definition) is 6. The second kappa shape index (κ2) is 5.88. The first kappa shape index (κ1) is 14.1. The number of aromatic nitrogens is 2. The van der Waals surface area contributed by atoms with Crippen LogP contribution in [0.15, 0.2) is 36.7 Å². The summed E-state index contributed by atoms with van der Waals surface area (Å²) >= 11 is 0. The van der Waals surface area contributed by atoms with Crippen LogP contribution in [0.4, 0.5) is 17.3 Å². The summed E-state index contributed by atoms with van der Waals surface area (Å²) in [6.07, 6.45) is 3.44. The van der Waals surface area contributed by atoms with Crippen molar-refractivity contribution in [2.45, 2.75) is 0 Å². The lowest BCUT2D eigenvalue weighted by Crippen LogP contribution is -2.47. The molecule has 0 spiro atoms. The molecule has 2 heterocycles. The largest absolute Gasteiger partial charge is 0.478 e. The molecule has 0 atom stereocenters. The average Bonchev–Trinajstić information content (AvgIpc) is 2.56. The Morgan fingerprint density at radius 2 is 1.73 bits per heavy atom. The maximum Gasteiger partial charge on any atom is 0.337 e. The topological polar surface area (TPSA) is 95.6 Å². The van der Waals surface area contributed by atoms with Crippen LogP contribution in [0.5, 0.6) is 0 Å². The first-order valence-electron chi connectivity index (χ1n) is 7.05. The second-order valence-corrected chi connectivity index (χ2v) is 5.10. The van der Waals surface area contributed by atoms with Crippen molar-refractivity contribution in [3.05, 3.63) is 42.2 Å². The molecular formula is C15H17N5O2. The Morgan fingerprint density at radius 1 is 1.09 bits per heavy atom. The number of carboxylic acid groups (broad SMARTS) is 1. The number of aromatic carboxylic acids is 1. The number of carbonyl (C=O) groups is 1. The van der Waals surface area contributed by atoms with Gasteiger partial charge in [-0.2, -0.15) is 0 Å². The van der Waals surface area contributed by atoms with Crippen LogP contribution in [0.25, 0.3) is 0 Å². The Balaban J connectivity index is 1.76. The van der Waals surface area contributed by atoms with Crippen LogP contribution in [0.1, 0.15) is 10.4 Å². The van der Waals surface area contributed by atoms with Gasteiger partial charge in [-0.05, 0) is 24.3 Å². The number of anilines is 3. The minimum Gasteiger partial charge on any atom is -0.478 e. The molecule has 3 rings (SSSR count). The van der Waals surface area contributed by atoms with E-state index in [2.05, 4.69) is 19.8 Å². The smallest absolute Gasteiger partial charge is 0.337 e. The van der Waals surface area contributed by atoms with E-state index in [0.29, 0.717) is 30.4 Å². The highest BCUT2D eigenvalue weighted by molar-refractivity contribution is 5.95. The molecule has 1 aromatic heterocycles. The fraction of sp³-hybridized carbons (Fsp3) is 0.267. The van der Waals surface area contributed by atoms with E-state index in [9.17, 15) is 9.90 Å². The number of rotatable bonds is 3. The van der Waals surface area contributed by atoms with Crippen molar-refractivity contribution in [3.8, 4) is 0 Å². The predicted octanol–water partition coefficient (Wildman–Crippen LogP) is 1.08. The van der Waals surface area contributed by atoms with E-state index in [4.69, 9.17) is 5.73 Å². The lowest BCUT2D eigenvalue weighted by Gasteiger charge is -2.36. The third-order valence-corrected chi connectivity index (χ3v) is 3.71. The Kier molecular flexibility index (Phi) is 3.78. The number of hydrogen-bond donors (Lipinski definition) is 2. The molecule has 1 aliphatic rings. The van der Waals surface area contributed by atoms with Crippen LogP contribution in [-0.2, 0) is 0 Å². The Morgan fingerprint density at radius 3 is 2.36 bits per heavy atom. The van der Waals surface area contributed by atoms with Gasteiger partial charge in [-0.3, -0.25) is 0 Å². The fourth-order valence-corrected chi connectivity index (χ4v) is 2.60. The number of carboxylic acids is 1. The number of nitrogens with two attached hydrogens (primary N) is 1. The van der Waals surface area contributed by atoms with E-state index in [-0.39, 0.29) is 5.56 Å². The molecule has 0 saturated carbocycles. The molecule has 7 heteroatoms. The number of piperazine rings is 1. The van der Waals surface area contributed by atoms with E-state index in [1.807, 2.05) is 0 Å². The molecule has 0 bridgehead atoms. The molecule has 22 heavy (non-hydrogen) atoms. The molecule has 7 nitrogen and oxygen atoms in total. The zero-order valence-electron chi connectivity index (χ0n) is 12.0. The number of nitrogens with zero attached hydrogens (tertiary/aromatic N) is 4. The van der Waals surface area contributed by atoms with Gasteiger partial charge in [0.25, 0.3) is 0 Å². The Hall–Kier alpha value is -2.83. The molecule has 1 saturated heterocycles. The van der Waals surface area contributed by atoms with Gasteiger partial charge in [0, 0.05) is 44.3 Å². The van der Waals surface area contributed by atoms with Gasteiger partial charge in [0.2, 0.25) is 5.95 Å². The van der Waals surface area contributed by atoms with Crippen molar-refractivity contribution in [3.63, 3.8) is 0 Å². The van der Waals surface area contributed by atoms with Crippen molar-refractivity contribution >= 4 is 23.3 Å². The minimum absolute atomic E-state index is 0.240. The van der Waals surface area contributed by atoms with E-state index in [0.717, 1.165) is 13.1 Å². The van der Waals surface area contributed by atoms with Crippen LogP contribution in [0, 0.1) is 0 Å². The van der Waals surface area contributed by atoms with Gasteiger partial charge in [-0.1, -0.05) is 0 Å².